The maximum atomic E-state index is 10.9. The Labute approximate surface area is 93.9 Å². The molecule has 0 amide bonds. The van der Waals surface area contributed by atoms with Gasteiger partial charge in [-0.25, -0.2) is 4.79 Å². The van der Waals surface area contributed by atoms with E-state index in [1.807, 2.05) is 6.92 Å². The second-order valence-electron chi connectivity index (χ2n) is 3.42. The van der Waals surface area contributed by atoms with Gasteiger partial charge in [0.1, 0.15) is 12.0 Å². The molecule has 0 aliphatic carbocycles. The van der Waals surface area contributed by atoms with Crippen LogP contribution < -0.4 is 4.74 Å². The largest absolute Gasteiger partial charge is 0.479 e. The van der Waals surface area contributed by atoms with E-state index in [-0.39, 0.29) is 0 Å². The molecule has 1 aromatic rings. The summed E-state index contributed by atoms with van der Waals surface area (Å²) in [6.07, 6.45) is 1.01. The van der Waals surface area contributed by atoms with Crippen molar-refractivity contribution in [1.29, 1.82) is 0 Å². The Kier molecular flexibility index (Phi) is 4.51. The van der Waals surface area contributed by atoms with E-state index in [0.29, 0.717) is 24.0 Å². The highest BCUT2D eigenvalue weighted by Gasteiger charge is 2.17. The van der Waals surface area contributed by atoms with Crippen molar-refractivity contribution in [1.82, 2.24) is 0 Å². The van der Waals surface area contributed by atoms with E-state index < -0.39 is 12.1 Å². The van der Waals surface area contributed by atoms with Gasteiger partial charge in [0.15, 0.2) is 6.10 Å². The van der Waals surface area contributed by atoms with E-state index in [2.05, 4.69) is 0 Å². The Bertz CT molecular complexity index is 373. The third-order valence-electron chi connectivity index (χ3n) is 2.10. The Morgan fingerprint density at radius 1 is 1.56 bits per heavy atom. The molecule has 1 rings (SSSR count). The van der Waals surface area contributed by atoms with Crippen LogP contribution in [0.15, 0.2) is 24.3 Å². The number of aldehydes is 1. The topological polar surface area (TPSA) is 63.6 Å². The van der Waals surface area contributed by atoms with Crippen LogP contribution in [0.4, 0.5) is 0 Å². The maximum absolute atomic E-state index is 10.9. The Balaban J connectivity index is 2.76. The standard InChI is InChI=1S/C12H14O4/c1-2-4-11(12(14)15)16-10-6-3-5-9(7-10)8-13/h3,5-8,11H,2,4H2,1H3,(H,14,15). The van der Waals surface area contributed by atoms with E-state index in [1.165, 1.54) is 6.07 Å². The number of hydrogen-bond acceptors (Lipinski definition) is 3. The first-order chi connectivity index (χ1) is 7.67. The molecule has 0 spiro atoms. The lowest BCUT2D eigenvalue weighted by molar-refractivity contribution is -0.145. The van der Waals surface area contributed by atoms with Crippen LogP contribution in [0.3, 0.4) is 0 Å². The van der Waals surface area contributed by atoms with Crippen LogP contribution in [-0.4, -0.2) is 23.5 Å². The molecule has 16 heavy (non-hydrogen) atoms. The lowest BCUT2D eigenvalue weighted by Gasteiger charge is -2.14. The first-order valence-electron chi connectivity index (χ1n) is 5.12. The van der Waals surface area contributed by atoms with Crippen LogP contribution in [0, 0.1) is 0 Å². The zero-order valence-corrected chi connectivity index (χ0v) is 9.05. The van der Waals surface area contributed by atoms with Gasteiger partial charge in [0.05, 0.1) is 0 Å². The second-order valence-corrected chi connectivity index (χ2v) is 3.42. The molecular weight excluding hydrogens is 208 g/mol. The van der Waals surface area contributed by atoms with Gasteiger partial charge in [-0.1, -0.05) is 25.5 Å². The predicted molar refractivity (Wildman–Crippen MR) is 58.8 cm³/mol. The summed E-state index contributed by atoms with van der Waals surface area (Å²) in [4.78, 5) is 21.4. The molecule has 0 heterocycles. The molecule has 1 N–H and O–H groups in total. The third kappa shape index (κ3) is 3.38. The number of carboxylic acids is 1. The molecule has 4 nitrogen and oxygen atoms in total. The summed E-state index contributed by atoms with van der Waals surface area (Å²) in [7, 11) is 0. The first-order valence-corrected chi connectivity index (χ1v) is 5.12. The van der Waals surface area contributed by atoms with E-state index >= 15 is 0 Å². The number of rotatable bonds is 6. The highest BCUT2D eigenvalue weighted by Crippen LogP contribution is 2.15. The van der Waals surface area contributed by atoms with Gasteiger partial charge in [0.25, 0.3) is 0 Å². The number of benzene rings is 1. The minimum absolute atomic E-state index is 0.408. The minimum atomic E-state index is -0.988. The molecule has 0 radical (unpaired) electrons. The number of carbonyl (C=O) groups is 2. The smallest absolute Gasteiger partial charge is 0.344 e. The van der Waals surface area contributed by atoms with Crippen LogP contribution in [0.5, 0.6) is 5.75 Å². The van der Waals surface area contributed by atoms with Crippen LogP contribution >= 0.6 is 0 Å². The van der Waals surface area contributed by atoms with Gasteiger partial charge >= 0.3 is 5.97 Å². The average molecular weight is 222 g/mol. The fraction of sp³-hybridized carbons (Fsp3) is 0.333. The Morgan fingerprint density at radius 3 is 2.88 bits per heavy atom. The summed E-state index contributed by atoms with van der Waals surface area (Å²) < 4.78 is 5.30. The molecule has 1 unspecified atom stereocenters. The normalized spacial score (nSPS) is 11.8. The SMILES string of the molecule is CCCC(Oc1cccc(C=O)c1)C(=O)O. The predicted octanol–water partition coefficient (Wildman–Crippen LogP) is 2.13. The average Bonchev–Trinajstić information content (AvgIpc) is 2.28. The van der Waals surface area contributed by atoms with Crippen molar-refractivity contribution >= 4 is 12.3 Å². The van der Waals surface area contributed by atoms with Crippen LogP contribution in [-0.2, 0) is 4.79 Å². The van der Waals surface area contributed by atoms with Crippen molar-refractivity contribution < 1.29 is 19.4 Å². The van der Waals surface area contributed by atoms with Crippen LogP contribution in [0.25, 0.3) is 0 Å². The lowest BCUT2D eigenvalue weighted by atomic mass is 10.2. The van der Waals surface area contributed by atoms with E-state index in [1.54, 1.807) is 18.2 Å². The van der Waals surface area contributed by atoms with Crippen molar-refractivity contribution in [2.24, 2.45) is 0 Å². The lowest BCUT2D eigenvalue weighted by Crippen LogP contribution is -2.26. The minimum Gasteiger partial charge on any atom is -0.479 e. The molecule has 0 aliphatic heterocycles. The van der Waals surface area contributed by atoms with Crippen molar-refractivity contribution in [2.45, 2.75) is 25.9 Å². The number of carboxylic acid groups (broad SMARTS) is 1. The summed E-state index contributed by atoms with van der Waals surface area (Å²) in [5, 5.41) is 8.90. The molecule has 1 atom stereocenters. The van der Waals surface area contributed by atoms with E-state index in [4.69, 9.17) is 9.84 Å². The van der Waals surface area contributed by atoms with Crippen molar-refractivity contribution in [3.8, 4) is 5.75 Å². The fourth-order valence-corrected chi connectivity index (χ4v) is 1.32. The Morgan fingerprint density at radius 2 is 2.31 bits per heavy atom. The second kappa shape index (κ2) is 5.90. The van der Waals surface area contributed by atoms with Crippen molar-refractivity contribution in [3.63, 3.8) is 0 Å². The van der Waals surface area contributed by atoms with E-state index in [0.717, 1.165) is 6.42 Å². The monoisotopic (exact) mass is 222 g/mol. The number of aliphatic carboxylic acids is 1. The zero-order valence-electron chi connectivity index (χ0n) is 9.05. The van der Waals surface area contributed by atoms with Gasteiger partial charge < -0.3 is 9.84 Å². The molecule has 86 valence electrons. The third-order valence-corrected chi connectivity index (χ3v) is 2.10. The van der Waals surface area contributed by atoms with Crippen LogP contribution in [0.2, 0.25) is 0 Å². The zero-order chi connectivity index (χ0) is 12.0. The highest BCUT2D eigenvalue weighted by atomic mass is 16.5. The van der Waals surface area contributed by atoms with E-state index in [9.17, 15) is 9.59 Å². The summed E-state index contributed by atoms with van der Waals surface area (Å²) in [6, 6.07) is 6.45. The van der Waals surface area contributed by atoms with Crippen molar-refractivity contribution in [3.05, 3.63) is 29.8 Å². The molecule has 0 aliphatic rings. The fourth-order valence-electron chi connectivity index (χ4n) is 1.32. The summed E-state index contributed by atoms with van der Waals surface area (Å²) in [5.41, 5.74) is 0.470. The molecule has 0 bridgehead atoms. The van der Waals surface area contributed by atoms with Gasteiger partial charge in [-0.3, -0.25) is 4.79 Å². The quantitative estimate of drug-likeness (QED) is 0.749. The number of hydrogen-bond donors (Lipinski definition) is 1. The molecule has 0 fully saturated rings. The van der Waals surface area contributed by atoms with Crippen molar-refractivity contribution in [2.75, 3.05) is 0 Å². The molecule has 1 aromatic carbocycles. The van der Waals surface area contributed by atoms with Gasteiger partial charge in [-0.05, 0) is 18.6 Å². The number of carbonyl (C=O) groups excluding carboxylic acids is 1. The number of ether oxygens (including phenoxy) is 1. The van der Waals surface area contributed by atoms with Gasteiger partial charge in [-0.15, -0.1) is 0 Å². The summed E-state index contributed by atoms with van der Waals surface area (Å²) in [6.45, 7) is 1.89. The highest BCUT2D eigenvalue weighted by molar-refractivity contribution is 5.76. The van der Waals surface area contributed by atoms with Crippen LogP contribution in [0.1, 0.15) is 30.1 Å². The molecular formula is C12H14O4. The van der Waals surface area contributed by atoms with Gasteiger partial charge in [0.2, 0.25) is 0 Å². The molecule has 0 aromatic heterocycles. The first kappa shape index (κ1) is 12.2. The summed E-state index contributed by atoms with van der Waals surface area (Å²) >= 11 is 0. The Hall–Kier alpha value is -1.84. The molecule has 4 heteroatoms. The molecule has 0 saturated carbocycles. The molecule has 0 saturated heterocycles. The summed E-state index contributed by atoms with van der Waals surface area (Å²) in [5.74, 6) is -0.580. The maximum Gasteiger partial charge on any atom is 0.344 e. The van der Waals surface area contributed by atoms with Gasteiger partial charge in [-0.2, -0.15) is 0 Å². The van der Waals surface area contributed by atoms with Gasteiger partial charge in [0, 0.05) is 5.56 Å².